The lowest BCUT2D eigenvalue weighted by Gasteiger charge is -2.24. The zero-order chi connectivity index (χ0) is 13.1. The van der Waals surface area contributed by atoms with E-state index in [1.807, 2.05) is 6.08 Å². The zero-order valence-electron chi connectivity index (χ0n) is 12.3. The second-order valence-electron chi connectivity index (χ2n) is 5.54. The van der Waals surface area contributed by atoms with Crippen LogP contribution in [0.1, 0.15) is 47.0 Å². The summed E-state index contributed by atoms with van der Waals surface area (Å²) in [7, 11) is 0. The molecule has 0 aromatic rings. The van der Waals surface area contributed by atoms with Crippen LogP contribution in [0.2, 0.25) is 0 Å². The molecule has 1 N–H and O–H groups in total. The molecule has 0 saturated heterocycles. The molecule has 0 aliphatic carbocycles. The van der Waals surface area contributed by atoms with Crippen molar-refractivity contribution >= 4 is 0 Å². The van der Waals surface area contributed by atoms with Crippen LogP contribution in [0.25, 0.3) is 0 Å². The summed E-state index contributed by atoms with van der Waals surface area (Å²) in [6.07, 6.45) is 5.93. The van der Waals surface area contributed by atoms with Crippen molar-refractivity contribution in [3.63, 3.8) is 0 Å². The summed E-state index contributed by atoms with van der Waals surface area (Å²) in [5.41, 5.74) is 0. The van der Waals surface area contributed by atoms with Gasteiger partial charge in [0.1, 0.15) is 0 Å². The fraction of sp³-hybridized carbons (Fsp3) is 0.867. The van der Waals surface area contributed by atoms with Crippen LogP contribution in [-0.2, 0) is 0 Å². The minimum atomic E-state index is 0.632. The largest absolute Gasteiger partial charge is 0.316 e. The molecule has 0 spiro atoms. The molecular weight excluding hydrogens is 208 g/mol. The van der Waals surface area contributed by atoms with E-state index in [1.165, 1.54) is 32.4 Å². The average Bonchev–Trinajstić information content (AvgIpc) is 2.25. The van der Waals surface area contributed by atoms with Gasteiger partial charge in [-0.3, -0.25) is 4.90 Å². The molecule has 0 radical (unpaired) electrons. The van der Waals surface area contributed by atoms with Gasteiger partial charge in [0, 0.05) is 12.6 Å². The zero-order valence-corrected chi connectivity index (χ0v) is 12.3. The maximum Gasteiger partial charge on any atom is 0.0163 e. The molecule has 2 nitrogen and oxygen atoms in total. The van der Waals surface area contributed by atoms with E-state index in [0.717, 1.165) is 19.0 Å². The number of nitrogens with zero attached hydrogens (tertiary/aromatic N) is 1. The van der Waals surface area contributed by atoms with Gasteiger partial charge < -0.3 is 5.32 Å². The lowest BCUT2D eigenvalue weighted by molar-refractivity contribution is 0.240. The van der Waals surface area contributed by atoms with E-state index in [0.29, 0.717) is 6.04 Å². The molecule has 0 amide bonds. The van der Waals surface area contributed by atoms with E-state index in [9.17, 15) is 0 Å². The summed E-state index contributed by atoms with van der Waals surface area (Å²) >= 11 is 0. The molecule has 0 heterocycles. The third-order valence-electron chi connectivity index (χ3n) is 2.95. The Kier molecular flexibility index (Phi) is 10.6. The van der Waals surface area contributed by atoms with Crippen molar-refractivity contribution in [3.8, 4) is 0 Å². The Balaban J connectivity index is 3.39. The molecule has 2 heteroatoms. The Morgan fingerprint density at radius 2 is 1.82 bits per heavy atom. The predicted molar refractivity (Wildman–Crippen MR) is 78.5 cm³/mol. The van der Waals surface area contributed by atoms with Crippen molar-refractivity contribution in [2.75, 3.05) is 26.2 Å². The molecular formula is C15H32N2. The lowest BCUT2D eigenvalue weighted by Crippen LogP contribution is -2.32. The molecule has 102 valence electrons. The highest BCUT2D eigenvalue weighted by Crippen LogP contribution is 2.03. The van der Waals surface area contributed by atoms with Crippen molar-refractivity contribution in [2.24, 2.45) is 5.92 Å². The minimum Gasteiger partial charge on any atom is -0.316 e. The second-order valence-corrected chi connectivity index (χ2v) is 5.54. The van der Waals surface area contributed by atoms with Crippen molar-refractivity contribution < 1.29 is 0 Å². The normalized spacial score (nSPS) is 11.7. The Bertz CT molecular complexity index is 176. The average molecular weight is 240 g/mol. The molecule has 0 unspecified atom stereocenters. The SMILES string of the molecule is C=CCN(CCCCCNCC(C)C)C(C)C. The van der Waals surface area contributed by atoms with Gasteiger partial charge in [-0.05, 0) is 52.2 Å². The van der Waals surface area contributed by atoms with Crippen LogP contribution >= 0.6 is 0 Å². The first kappa shape index (κ1) is 16.7. The third-order valence-corrected chi connectivity index (χ3v) is 2.95. The number of hydrogen-bond donors (Lipinski definition) is 1. The van der Waals surface area contributed by atoms with Crippen LogP contribution in [-0.4, -0.2) is 37.1 Å². The molecule has 0 atom stereocenters. The molecule has 0 rings (SSSR count). The Labute approximate surface area is 108 Å². The van der Waals surface area contributed by atoms with Gasteiger partial charge in [0.2, 0.25) is 0 Å². The smallest absolute Gasteiger partial charge is 0.0163 e. The van der Waals surface area contributed by atoms with Crippen LogP contribution in [0.3, 0.4) is 0 Å². The molecule has 0 aromatic heterocycles. The standard InChI is InChI=1S/C15H32N2/c1-6-11-17(15(4)5)12-9-7-8-10-16-13-14(2)3/h6,14-16H,1,7-13H2,2-5H3. The van der Waals surface area contributed by atoms with Gasteiger partial charge in [0.15, 0.2) is 0 Å². The van der Waals surface area contributed by atoms with E-state index in [4.69, 9.17) is 0 Å². The number of hydrogen-bond acceptors (Lipinski definition) is 2. The molecule has 0 aliphatic heterocycles. The Morgan fingerprint density at radius 3 is 2.35 bits per heavy atom. The predicted octanol–water partition coefficient (Wildman–Crippen LogP) is 3.30. The molecule has 0 saturated carbocycles. The van der Waals surface area contributed by atoms with E-state index in [2.05, 4.69) is 44.5 Å². The van der Waals surface area contributed by atoms with E-state index < -0.39 is 0 Å². The van der Waals surface area contributed by atoms with Gasteiger partial charge in [-0.1, -0.05) is 26.3 Å². The molecule has 17 heavy (non-hydrogen) atoms. The molecule has 0 fully saturated rings. The monoisotopic (exact) mass is 240 g/mol. The highest BCUT2D eigenvalue weighted by Gasteiger charge is 2.06. The van der Waals surface area contributed by atoms with E-state index in [1.54, 1.807) is 0 Å². The van der Waals surface area contributed by atoms with Gasteiger partial charge in [-0.2, -0.15) is 0 Å². The van der Waals surface area contributed by atoms with Crippen molar-refractivity contribution in [3.05, 3.63) is 12.7 Å². The van der Waals surface area contributed by atoms with Crippen LogP contribution in [0, 0.1) is 5.92 Å². The summed E-state index contributed by atoms with van der Waals surface area (Å²) in [4.78, 5) is 2.48. The van der Waals surface area contributed by atoms with Crippen LogP contribution < -0.4 is 5.32 Å². The van der Waals surface area contributed by atoms with E-state index in [-0.39, 0.29) is 0 Å². The van der Waals surface area contributed by atoms with Crippen LogP contribution in [0.4, 0.5) is 0 Å². The molecule has 0 aromatic carbocycles. The maximum absolute atomic E-state index is 3.82. The van der Waals surface area contributed by atoms with Crippen molar-refractivity contribution in [2.45, 2.75) is 53.0 Å². The van der Waals surface area contributed by atoms with Crippen LogP contribution in [0.5, 0.6) is 0 Å². The first-order valence-corrected chi connectivity index (χ1v) is 7.13. The first-order chi connectivity index (χ1) is 8.07. The molecule has 0 aliphatic rings. The highest BCUT2D eigenvalue weighted by atomic mass is 15.1. The third kappa shape index (κ3) is 10.5. The van der Waals surface area contributed by atoms with Gasteiger partial charge in [0.05, 0.1) is 0 Å². The van der Waals surface area contributed by atoms with Gasteiger partial charge in [-0.25, -0.2) is 0 Å². The van der Waals surface area contributed by atoms with Crippen LogP contribution in [0.15, 0.2) is 12.7 Å². The Hall–Kier alpha value is -0.340. The number of unbranched alkanes of at least 4 members (excludes halogenated alkanes) is 2. The quantitative estimate of drug-likeness (QED) is 0.440. The second kappa shape index (κ2) is 10.8. The fourth-order valence-corrected chi connectivity index (χ4v) is 1.86. The molecule has 0 bridgehead atoms. The summed E-state index contributed by atoms with van der Waals surface area (Å²) in [5, 5.41) is 3.49. The van der Waals surface area contributed by atoms with Gasteiger partial charge in [0.25, 0.3) is 0 Å². The van der Waals surface area contributed by atoms with Crippen molar-refractivity contribution in [1.29, 1.82) is 0 Å². The van der Waals surface area contributed by atoms with E-state index >= 15 is 0 Å². The first-order valence-electron chi connectivity index (χ1n) is 7.13. The van der Waals surface area contributed by atoms with Crippen molar-refractivity contribution in [1.82, 2.24) is 10.2 Å². The summed E-state index contributed by atoms with van der Waals surface area (Å²) in [5.74, 6) is 0.763. The number of rotatable bonds is 11. The lowest BCUT2D eigenvalue weighted by atomic mass is 10.2. The summed E-state index contributed by atoms with van der Waals surface area (Å²) in [6.45, 7) is 17.4. The summed E-state index contributed by atoms with van der Waals surface area (Å²) in [6, 6.07) is 0.632. The van der Waals surface area contributed by atoms with Gasteiger partial charge in [-0.15, -0.1) is 6.58 Å². The summed E-state index contributed by atoms with van der Waals surface area (Å²) < 4.78 is 0. The maximum atomic E-state index is 3.82. The fourth-order valence-electron chi connectivity index (χ4n) is 1.86. The Morgan fingerprint density at radius 1 is 1.12 bits per heavy atom. The van der Waals surface area contributed by atoms with Gasteiger partial charge >= 0.3 is 0 Å². The minimum absolute atomic E-state index is 0.632. The highest BCUT2D eigenvalue weighted by molar-refractivity contribution is 4.75. The number of nitrogens with one attached hydrogen (secondary N) is 1. The topological polar surface area (TPSA) is 15.3 Å².